The molecule has 1 unspecified atom stereocenters. The quantitative estimate of drug-likeness (QED) is 0.711. The van der Waals surface area contributed by atoms with Crippen molar-refractivity contribution in [3.05, 3.63) is 23.4 Å². The number of hydrogen-bond donors (Lipinski definition) is 2. The minimum atomic E-state index is -0.971. The number of carboxylic acids is 1. The van der Waals surface area contributed by atoms with Crippen LogP contribution in [0.25, 0.3) is 0 Å². The molecule has 0 fully saturated rings. The molecule has 78 valence electrons. The molecule has 0 saturated carbocycles. The van der Waals surface area contributed by atoms with Gasteiger partial charge in [-0.15, -0.1) is 0 Å². The summed E-state index contributed by atoms with van der Waals surface area (Å²) in [5, 5.41) is 18.3. The lowest BCUT2D eigenvalue weighted by atomic mass is 9.97. The van der Waals surface area contributed by atoms with Crippen molar-refractivity contribution in [1.82, 2.24) is 0 Å². The van der Waals surface area contributed by atoms with Gasteiger partial charge in [-0.2, -0.15) is 0 Å². The summed E-state index contributed by atoms with van der Waals surface area (Å²) in [5.41, 5.74) is 0. The number of rotatable bonds is 3. The Kier molecular flexibility index (Phi) is 3.01. The highest BCUT2D eigenvalue weighted by atomic mass is 16.5. The number of allylic oxidation sites excluding steroid dienone is 1. The molecule has 1 aliphatic rings. The number of ether oxygens (including phenoxy) is 2. The van der Waals surface area contributed by atoms with E-state index in [1.54, 1.807) is 0 Å². The topological polar surface area (TPSA) is 76.0 Å². The smallest absolute Gasteiger partial charge is 0.310 e. The standard InChI is InChI=1S/C9H12O5/c1-13-6-3-5(9(11)12)4-7(14-2)8(6)10/h3,5,10H,4H2,1-2H3,(H,11,12). The van der Waals surface area contributed by atoms with Crippen LogP contribution in [0.15, 0.2) is 23.4 Å². The van der Waals surface area contributed by atoms with E-state index in [-0.39, 0.29) is 23.7 Å². The first-order valence-corrected chi connectivity index (χ1v) is 4.05. The van der Waals surface area contributed by atoms with E-state index in [1.807, 2.05) is 0 Å². The average Bonchev–Trinajstić information content (AvgIpc) is 2.17. The van der Waals surface area contributed by atoms with Crippen molar-refractivity contribution in [2.24, 2.45) is 5.92 Å². The second kappa shape index (κ2) is 4.04. The van der Waals surface area contributed by atoms with E-state index in [2.05, 4.69) is 0 Å². The van der Waals surface area contributed by atoms with Gasteiger partial charge in [0.2, 0.25) is 0 Å². The first-order valence-electron chi connectivity index (χ1n) is 4.05. The van der Waals surface area contributed by atoms with Crippen LogP contribution < -0.4 is 0 Å². The van der Waals surface area contributed by atoms with Crippen molar-refractivity contribution in [3.63, 3.8) is 0 Å². The summed E-state index contributed by atoms with van der Waals surface area (Å²) in [6.45, 7) is 0. The van der Waals surface area contributed by atoms with Crippen molar-refractivity contribution in [2.75, 3.05) is 14.2 Å². The minimum Gasteiger partial charge on any atom is -0.502 e. The molecule has 0 saturated heterocycles. The van der Waals surface area contributed by atoms with Crippen molar-refractivity contribution < 1.29 is 24.5 Å². The molecule has 5 heteroatoms. The SMILES string of the molecule is COC1=CC(C(=O)O)CC(OC)=C1O. The number of aliphatic hydroxyl groups is 1. The lowest BCUT2D eigenvalue weighted by Gasteiger charge is -2.19. The molecule has 0 bridgehead atoms. The first-order chi connectivity index (χ1) is 6.60. The fourth-order valence-corrected chi connectivity index (χ4v) is 1.26. The van der Waals surface area contributed by atoms with Crippen molar-refractivity contribution >= 4 is 5.97 Å². The van der Waals surface area contributed by atoms with Crippen molar-refractivity contribution in [3.8, 4) is 0 Å². The van der Waals surface area contributed by atoms with Gasteiger partial charge in [0, 0.05) is 6.42 Å². The Balaban J connectivity index is 2.98. The molecule has 1 atom stereocenters. The molecule has 1 aliphatic carbocycles. The molecule has 0 aromatic carbocycles. The second-order valence-corrected chi connectivity index (χ2v) is 2.86. The molecular formula is C9H12O5. The van der Waals surface area contributed by atoms with Gasteiger partial charge in [0.25, 0.3) is 0 Å². The minimum absolute atomic E-state index is 0.132. The molecule has 2 N–H and O–H groups in total. The lowest BCUT2D eigenvalue weighted by Crippen LogP contribution is -2.19. The summed E-state index contributed by atoms with van der Waals surface area (Å²) < 4.78 is 9.69. The molecule has 0 amide bonds. The van der Waals surface area contributed by atoms with E-state index in [0.717, 1.165) is 0 Å². The Bertz CT molecular complexity index is 302. The van der Waals surface area contributed by atoms with E-state index in [4.69, 9.17) is 14.6 Å². The highest BCUT2D eigenvalue weighted by molar-refractivity contribution is 5.73. The number of methoxy groups -OCH3 is 2. The van der Waals surface area contributed by atoms with Crippen LogP contribution in [0, 0.1) is 5.92 Å². The predicted molar refractivity (Wildman–Crippen MR) is 47.5 cm³/mol. The third-order valence-corrected chi connectivity index (χ3v) is 2.04. The molecule has 5 nitrogen and oxygen atoms in total. The Morgan fingerprint density at radius 3 is 2.57 bits per heavy atom. The van der Waals surface area contributed by atoms with Crippen LogP contribution in [0.5, 0.6) is 0 Å². The third-order valence-electron chi connectivity index (χ3n) is 2.04. The lowest BCUT2D eigenvalue weighted by molar-refractivity contribution is -0.140. The van der Waals surface area contributed by atoms with Gasteiger partial charge in [0.15, 0.2) is 11.5 Å². The highest BCUT2D eigenvalue weighted by Crippen LogP contribution is 2.28. The zero-order valence-electron chi connectivity index (χ0n) is 7.98. The Labute approximate surface area is 81.3 Å². The predicted octanol–water partition coefficient (Wildman–Crippen LogP) is 1.04. The summed E-state index contributed by atoms with van der Waals surface area (Å²) in [6.07, 6.45) is 1.50. The third kappa shape index (κ3) is 1.81. The number of carbonyl (C=O) groups is 1. The summed E-state index contributed by atoms with van der Waals surface area (Å²) in [6, 6.07) is 0. The summed E-state index contributed by atoms with van der Waals surface area (Å²) >= 11 is 0. The molecule has 1 rings (SSSR count). The Hall–Kier alpha value is -1.65. The summed E-state index contributed by atoms with van der Waals surface area (Å²) in [7, 11) is 2.74. The molecule has 0 aromatic heterocycles. The zero-order chi connectivity index (χ0) is 10.7. The molecule has 0 heterocycles. The fraction of sp³-hybridized carbons (Fsp3) is 0.444. The van der Waals surface area contributed by atoms with Gasteiger partial charge in [-0.1, -0.05) is 0 Å². The van der Waals surface area contributed by atoms with E-state index in [0.29, 0.717) is 0 Å². The molecule has 0 radical (unpaired) electrons. The average molecular weight is 200 g/mol. The number of carboxylic acid groups (broad SMARTS) is 1. The van der Waals surface area contributed by atoms with Gasteiger partial charge in [-0.3, -0.25) is 4.79 Å². The monoisotopic (exact) mass is 200 g/mol. The normalized spacial score (nSPS) is 21.6. The number of aliphatic hydroxyl groups excluding tert-OH is 1. The van der Waals surface area contributed by atoms with E-state index in [9.17, 15) is 9.90 Å². The van der Waals surface area contributed by atoms with Gasteiger partial charge in [-0.05, 0) is 6.08 Å². The number of hydrogen-bond acceptors (Lipinski definition) is 4. The van der Waals surface area contributed by atoms with Gasteiger partial charge in [0.05, 0.1) is 20.1 Å². The van der Waals surface area contributed by atoms with Crippen molar-refractivity contribution in [2.45, 2.75) is 6.42 Å². The van der Waals surface area contributed by atoms with E-state index >= 15 is 0 Å². The van der Waals surface area contributed by atoms with Gasteiger partial charge < -0.3 is 19.7 Å². The summed E-state index contributed by atoms with van der Waals surface area (Å²) in [5.74, 6) is -1.44. The van der Waals surface area contributed by atoms with Crippen LogP contribution in [0.3, 0.4) is 0 Å². The van der Waals surface area contributed by atoms with E-state index < -0.39 is 11.9 Å². The maximum Gasteiger partial charge on any atom is 0.310 e. The highest BCUT2D eigenvalue weighted by Gasteiger charge is 2.27. The molecule has 0 aliphatic heterocycles. The Morgan fingerprint density at radius 2 is 2.14 bits per heavy atom. The van der Waals surface area contributed by atoms with Crippen LogP contribution in [0.2, 0.25) is 0 Å². The molecule has 14 heavy (non-hydrogen) atoms. The van der Waals surface area contributed by atoms with E-state index in [1.165, 1.54) is 20.3 Å². The fourth-order valence-electron chi connectivity index (χ4n) is 1.26. The van der Waals surface area contributed by atoms with Crippen LogP contribution in [0.1, 0.15) is 6.42 Å². The van der Waals surface area contributed by atoms with Crippen molar-refractivity contribution in [1.29, 1.82) is 0 Å². The van der Waals surface area contributed by atoms with Crippen LogP contribution in [0.4, 0.5) is 0 Å². The first kappa shape index (κ1) is 10.4. The zero-order valence-corrected chi connectivity index (χ0v) is 7.98. The van der Waals surface area contributed by atoms with Gasteiger partial charge in [-0.25, -0.2) is 0 Å². The summed E-state index contributed by atoms with van der Waals surface area (Å²) in [4.78, 5) is 10.7. The van der Waals surface area contributed by atoms with Gasteiger partial charge >= 0.3 is 5.97 Å². The van der Waals surface area contributed by atoms with Crippen LogP contribution >= 0.6 is 0 Å². The number of aliphatic carboxylic acids is 1. The largest absolute Gasteiger partial charge is 0.502 e. The Morgan fingerprint density at radius 1 is 1.50 bits per heavy atom. The maximum absolute atomic E-state index is 10.7. The molecule has 0 aromatic rings. The maximum atomic E-state index is 10.7. The second-order valence-electron chi connectivity index (χ2n) is 2.86. The van der Waals surface area contributed by atoms with Crippen LogP contribution in [-0.4, -0.2) is 30.4 Å². The molecule has 0 spiro atoms. The molecular weight excluding hydrogens is 188 g/mol. The van der Waals surface area contributed by atoms with Gasteiger partial charge in [0.1, 0.15) is 5.76 Å². The van der Waals surface area contributed by atoms with Crippen LogP contribution in [-0.2, 0) is 14.3 Å².